The van der Waals surface area contributed by atoms with Crippen LogP contribution in [0.5, 0.6) is 0 Å². The quantitative estimate of drug-likeness (QED) is 0.378. The maximum Gasteiger partial charge on any atom is 0.416 e. The van der Waals surface area contributed by atoms with Crippen molar-refractivity contribution in [3.05, 3.63) is 56.6 Å². The molecule has 10 nitrogen and oxygen atoms in total. The number of halogens is 4. The summed E-state index contributed by atoms with van der Waals surface area (Å²) in [6, 6.07) is 5.37. The van der Waals surface area contributed by atoms with E-state index < -0.39 is 39.7 Å². The minimum Gasteiger partial charge on any atom is -0.336 e. The maximum atomic E-state index is 13.1. The van der Waals surface area contributed by atoms with Crippen molar-refractivity contribution in [2.45, 2.75) is 43.9 Å². The van der Waals surface area contributed by atoms with Gasteiger partial charge in [-0.05, 0) is 68.2 Å². The van der Waals surface area contributed by atoms with Crippen molar-refractivity contribution >= 4 is 62.6 Å². The number of rotatable bonds is 9. The zero-order chi connectivity index (χ0) is 30.5. The number of carbonyl (C=O) groups is 3. The normalized spacial score (nSPS) is 19.9. The Balaban J connectivity index is 1.27. The van der Waals surface area contributed by atoms with Crippen molar-refractivity contribution in [3.63, 3.8) is 0 Å². The van der Waals surface area contributed by atoms with Crippen LogP contribution in [0.3, 0.4) is 0 Å². The summed E-state index contributed by atoms with van der Waals surface area (Å²) in [6.45, 7) is 0.616. The fraction of sp³-hybridized carbons (Fsp3) is 0.423. The number of benzene rings is 1. The van der Waals surface area contributed by atoms with Crippen molar-refractivity contribution in [2.75, 3.05) is 31.5 Å². The SMILES string of the molecule is O=C(NC[C@@H]1CCCN1C(=O)CN1CCC[C@H](NS(=O)(=O)/C=C/c2ccc(Cl)s2)C1=O)Nc1ccc(C(F)(F)F)cc1. The number of carbonyl (C=O) groups excluding carboxylic acids is 3. The molecular weight excluding hydrogens is 619 g/mol. The van der Waals surface area contributed by atoms with Gasteiger partial charge in [0.2, 0.25) is 21.8 Å². The van der Waals surface area contributed by atoms with Crippen molar-refractivity contribution in [1.29, 1.82) is 0 Å². The molecule has 0 saturated carbocycles. The van der Waals surface area contributed by atoms with Gasteiger partial charge in [0.05, 0.1) is 16.4 Å². The zero-order valence-electron chi connectivity index (χ0n) is 22.2. The number of likely N-dealkylation sites (tertiary alicyclic amines) is 2. The summed E-state index contributed by atoms with van der Waals surface area (Å²) in [5.41, 5.74) is -0.652. The average Bonchev–Trinajstić information content (AvgIpc) is 3.57. The molecule has 1 aromatic carbocycles. The molecule has 1 aromatic heterocycles. The van der Waals surface area contributed by atoms with Gasteiger partial charge >= 0.3 is 12.2 Å². The molecule has 0 aliphatic carbocycles. The molecule has 2 saturated heterocycles. The van der Waals surface area contributed by atoms with E-state index >= 15 is 0 Å². The van der Waals surface area contributed by atoms with Crippen LogP contribution in [-0.4, -0.2) is 74.3 Å². The predicted octanol–water partition coefficient (Wildman–Crippen LogP) is 4.11. The van der Waals surface area contributed by atoms with E-state index in [1.807, 2.05) is 0 Å². The first-order valence-corrected chi connectivity index (χ1v) is 15.8. The largest absolute Gasteiger partial charge is 0.416 e. The number of hydrogen-bond acceptors (Lipinski definition) is 6. The Kier molecular flexibility index (Phi) is 10.2. The van der Waals surface area contributed by atoms with E-state index in [2.05, 4.69) is 15.4 Å². The number of thiophene rings is 1. The summed E-state index contributed by atoms with van der Waals surface area (Å²) in [7, 11) is -3.93. The molecule has 2 aliphatic heterocycles. The number of piperidine rings is 1. The highest BCUT2D eigenvalue weighted by Crippen LogP contribution is 2.30. The Morgan fingerprint density at radius 3 is 2.45 bits per heavy atom. The van der Waals surface area contributed by atoms with E-state index in [0.717, 1.165) is 29.7 Å². The summed E-state index contributed by atoms with van der Waals surface area (Å²) in [4.78, 5) is 42.0. The number of nitrogens with one attached hydrogen (secondary N) is 3. The number of alkyl halides is 3. The van der Waals surface area contributed by atoms with E-state index in [9.17, 15) is 36.0 Å². The Morgan fingerprint density at radius 1 is 1.07 bits per heavy atom. The fourth-order valence-electron chi connectivity index (χ4n) is 4.78. The number of amides is 4. The molecule has 16 heteroatoms. The molecule has 4 amide bonds. The van der Waals surface area contributed by atoms with Crippen LogP contribution >= 0.6 is 22.9 Å². The number of anilines is 1. The lowest BCUT2D eigenvalue weighted by Gasteiger charge is -2.34. The van der Waals surface area contributed by atoms with Crippen LogP contribution in [0.25, 0.3) is 6.08 Å². The number of urea groups is 1. The molecule has 228 valence electrons. The molecular formula is C26H29ClF3N5O5S2. The van der Waals surface area contributed by atoms with Crippen molar-refractivity contribution in [1.82, 2.24) is 19.8 Å². The second-order valence-electron chi connectivity index (χ2n) is 9.86. The Bertz CT molecular complexity index is 1430. The van der Waals surface area contributed by atoms with Crippen molar-refractivity contribution in [3.8, 4) is 0 Å². The third-order valence-corrected chi connectivity index (χ3v) is 9.14. The van der Waals surface area contributed by atoms with Gasteiger partial charge in [-0.25, -0.2) is 13.2 Å². The second kappa shape index (κ2) is 13.4. The maximum absolute atomic E-state index is 13.1. The lowest BCUT2D eigenvalue weighted by Crippen LogP contribution is -2.55. The van der Waals surface area contributed by atoms with E-state index in [1.54, 1.807) is 17.0 Å². The fourth-order valence-corrected chi connectivity index (χ4v) is 6.85. The number of nitrogens with zero attached hydrogens (tertiary/aromatic N) is 2. The molecule has 3 heterocycles. The molecule has 0 radical (unpaired) electrons. The summed E-state index contributed by atoms with van der Waals surface area (Å²) in [6.07, 6.45) is -0.984. The van der Waals surface area contributed by atoms with Gasteiger partial charge < -0.3 is 20.4 Å². The van der Waals surface area contributed by atoms with Crippen LogP contribution < -0.4 is 15.4 Å². The van der Waals surface area contributed by atoms with Crippen molar-refractivity contribution < 1.29 is 36.0 Å². The molecule has 2 fully saturated rings. The predicted molar refractivity (Wildman–Crippen MR) is 153 cm³/mol. The Morgan fingerprint density at radius 2 is 1.79 bits per heavy atom. The lowest BCUT2D eigenvalue weighted by molar-refractivity contribution is -0.143. The van der Waals surface area contributed by atoms with Crippen LogP contribution in [0.4, 0.5) is 23.7 Å². The molecule has 3 N–H and O–H groups in total. The first-order chi connectivity index (χ1) is 19.8. The molecule has 2 aliphatic rings. The smallest absolute Gasteiger partial charge is 0.336 e. The van der Waals surface area contributed by atoms with Crippen LogP contribution in [0.2, 0.25) is 4.34 Å². The molecule has 0 spiro atoms. The topological polar surface area (TPSA) is 128 Å². The first-order valence-electron chi connectivity index (χ1n) is 13.1. The Labute approximate surface area is 249 Å². The monoisotopic (exact) mass is 647 g/mol. The van der Waals surface area contributed by atoms with Gasteiger partial charge in [-0.1, -0.05) is 11.6 Å². The van der Waals surface area contributed by atoms with Gasteiger partial charge in [0, 0.05) is 41.6 Å². The molecule has 0 bridgehead atoms. The third-order valence-electron chi connectivity index (χ3n) is 6.83. The van der Waals surface area contributed by atoms with Crippen LogP contribution in [-0.2, 0) is 25.8 Å². The van der Waals surface area contributed by atoms with E-state index in [-0.39, 0.29) is 30.7 Å². The van der Waals surface area contributed by atoms with Crippen LogP contribution in [0.1, 0.15) is 36.1 Å². The first kappa shape index (κ1) is 31.8. The van der Waals surface area contributed by atoms with Crippen LogP contribution in [0.15, 0.2) is 41.8 Å². The number of hydrogen-bond donors (Lipinski definition) is 3. The minimum atomic E-state index is -4.48. The summed E-state index contributed by atoms with van der Waals surface area (Å²) >= 11 is 7.07. The van der Waals surface area contributed by atoms with Gasteiger partial charge in [0.1, 0.15) is 6.04 Å². The standard InChI is InChI=1S/C26H29ClF3N5O5S2/c27-22-10-9-20(41-22)11-14-42(39,40)33-21-4-2-12-34(24(21)37)16-23(36)35-13-1-3-19(35)15-31-25(38)32-18-7-5-17(6-8-18)26(28,29)30/h5-11,14,19,21,33H,1-4,12-13,15-16H2,(H2,31,32,38)/b14-11+/t19-,21-/m0/s1. The second-order valence-corrected chi connectivity index (χ2v) is 13.2. The molecule has 2 aromatic rings. The molecule has 42 heavy (non-hydrogen) atoms. The van der Waals surface area contributed by atoms with Crippen LogP contribution in [0, 0.1) is 0 Å². The summed E-state index contributed by atoms with van der Waals surface area (Å²) in [5.74, 6) is -0.815. The highest BCUT2D eigenvalue weighted by Gasteiger charge is 2.35. The highest BCUT2D eigenvalue weighted by atomic mass is 35.5. The van der Waals surface area contributed by atoms with Gasteiger partial charge in [0.15, 0.2) is 0 Å². The van der Waals surface area contributed by atoms with Crippen molar-refractivity contribution in [2.24, 2.45) is 0 Å². The summed E-state index contributed by atoms with van der Waals surface area (Å²) in [5, 5.41) is 6.07. The summed E-state index contributed by atoms with van der Waals surface area (Å²) < 4.78 is 66.2. The lowest BCUT2D eigenvalue weighted by atomic mass is 10.1. The van der Waals surface area contributed by atoms with Gasteiger partial charge in [-0.2, -0.15) is 17.9 Å². The van der Waals surface area contributed by atoms with Gasteiger partial charge in [-0.3, -0.25) is 9.59 Å². The molecule has 0 unspecified atom stereocenters. The van der Waals surface area contributed by atoms with E-state index in [4.69, 9.17) is 11.6 Å². The molecule has 2 atom stereocenters. The minimum absolute atomic E-state index is 0.108. The van der Waals surface area contributed by atoms with E-state index in [1.165, 1.54) is 22.3 Å². The van der Waals surface area contributed by atoms with Gasteiger partial charge in [-0.15, -0.1) is 11.3 Å². The average molecular weight is 648 g/mol. The molecule has 4 rings (SSSR count). The highest BCUT2D eigenvalue weighted by molar-refractivity contribution is 7.92. The zero-order valence-corrected chi connectivity index (χ0v) is 24.6. The Hall–Kier alpha value is -3.14. The third kappa shape index (κ3) is 8.69. The van der Waals surface area contributed by atoms with Gasteiger partial charge in [0.25, 0.3) is 0 Å². The number of sulfonamides is 1. The van der Waals surface area contributed by atoms with E-state index in [0.29, 0.717) is 48.0 Å².